The molecular formula is C12H13ClN6O. The topological polar surface area (TPSA) is 92.5 Å². The van der Waals surface area contributed by atoms with Crippen molar-refractivity contribution >= 4 is 22.8 Å². The van der Waals surface area contributed by atoms with Gasteiger partial charge in [-0.15, -0.1) is 0 Å². The number of H-pyrrole nitrogens is 1. The molecule has 0 saturated heterocycles. The first-order chi connectivity index (χ1) is 9.63. The molecule has 20 heavy (non-hydrogen) atoms. The second kappa shape index (κ2) is 4.84. The van der Waals surface area contributed by atoms with E-state index in [1.54, 1.807) is 0 Å². The maximum atomic E-state index is 9.49. The van der Waals surface area contributed by atoms with Gasteiger partial charge in [-0.05, 0) is 5.92 Å². The summed E-state index contributed by atoms with van der Waals surface area (Å²) in [6, 6.07) is 0. The smallest absolute Gasteiger partial charge is 0.184 e. The van der Waals surface area contributed by atoms with Crippen molar-refractivity contribution in [1.82, 2.24) is 29.7 Å². The number of aromatic amines is 1. The first-order valence-electron chi connectivity index (χ1n) is 6.16. The number of nitrogens with zero attached hydrogens (tertiary/aromatic N) is 5. The summed E-state index contributed by atoms with van der Waals surface area (Å²) in [4.78, 5) is 15.3. The maximum absolute atomic E-state index is 9.49. The maximum Gasteiger partial charge on any atom is 0.184 e. The molecule has 0 aliphatic carbocycles. The summed E-state index contributed by atoms with van der Waals surface area (Å²) in [6.45, 7) is 3.82. The van der Waals surface area contributed by atoms with E-state index in [0.29, 0.717) is 27.7 Å². The second-order valence-corrected chi connectivity index (χ2v) is 5.04. The molecule has 0 radical (unpaired) electrons. The molecule has 0 aliphatic heterocycles. The molecule has 0 amide bonds. The normalized spacial score (nSPS) is 11.7. The van der Waals surface area contributed by atoms with Crippen LogP contribution < -0.4 is 0 Å². The van der Waals surface area contributed by atoms with Crippen LogP contribution in [-0.4, -0.2) is 34.8 Å². The summed E-state index contributed by atoms with van der Waals surface area (Å²) < 4.78 is 1.50. The number of rotatable bonds is 3. The van der Waals surface area contributed by atoms with E-state index in [4.69, 9.17) is 11.6 Å². The highest BCUT2D eigenvalue weighted by molar-refractivity contribution is 6.30. The fourth-order valence-corrected chi connectivity index (χ4v) is 2.38. The third-order valence-corrected chi connectivity index (χ3v) is 3.45. The monoisotopic (exact) mass is 292 g/mol. The first kappa shape index (κ1) is 13.0. The molecule has 0 bridgehead atoms. The Morgan fingerprint density at radius 1 is 1.35 bits per heavy atom. The zero-order valence-corrected chi connectivity index (χ0v) is 11.8. The van der Waals surface area contributed by atoms with Gasteiger partial charge in [0.15, 0.2) is 11.5 Å². The number of aliphatic hydroxyl groups is 1. The van der Waals surface area contributed by atoms with E-state index < -0.39 is 0 Å². The number of hydrogen-bond donors (Lipinski definition) is 2. The predicted molar refractivity (Wildman–Crippen MR) is 73.8 cm³/mol. The van der Waals surface area contributed by atoms with E-state index in [9.17, 15) is 5.11 Å². The SMILES string of the molecule is CC(C)c1nn(-c2ncnc3nc[nH]c23)c(Cl)c1CO. The highest BCUT2D eigenvalue weighted by atomic mass is 35.5. The van der Waals surface area contributed by atoms with Gasteiger partial charge in [-0.1, -0.05) is 25.4 Å². The minimum absolute atomic E-state index is 0.148. The Labute approximate surface area is 119 Å². The lowest BCUT2D eigenvalue weighted by molar-refractivity contribution is 0.280. The molecule has 0 fully saturated rings. The number of fused-ring (bicyclic) bond motifs is 1. The van der Waals surface area contributed by atoms with Crippen LogP contribution in [0.1, 0.15) is 31.0 Å². The lowest BCUT2D eigenvalue weighted by Gasteiger charge is -2.02. The van der Waals surface area contributed by atoms with Crippen molar-refractivity contribution in [3.8, 4) is 5.82 Å². The molecule has 3 aromatic rings. The molecular weight excluding hydrogens is 280 g/mol. The fourth-order valence-electron chi connectivity index (χ4n) is 2.11. The molecule has 3 rings (SSSR count). The largest absolute Gasteiger partial charge is 0.391 e. The average molecular weight is 293 g/mol. The van der Waals surface area contributed by atoms with Gasteiger partial charge in [-0.2, -0.15) is 5.10 Å². The molecule has 0 saturated carbocycles. The van der Waals surface area contributed by atoms with Crippen LogP contribution in [0.5, 0.6) is 0 Å². The average Bonchev–Trinajstić information content (AvgIpc) is 3.02. The van der Waals surface area contributed by atoms with Crippen LogP contribution in [0.3, 0.4) is 0 Å². The predicted octanol–water partition coefficient (Wildman–Crippen LogP) is 1.81. The summed E-state index contributed by atoms with van der Waals surface area (Å²) in [5.74, 6) is 0.661. The minimum atomic E-state index is -0.163. The van der Waals surface area contributed by atoms with E-state index in [0.717, 1.165) is 5.69 Å². The van der Waals surface area contributed by atoms with Crippen LogP contribution in [0.2, 0.25) is 5.15 Å². The van der Waals surface area contributed by atoms with Gasteiger partial charge in [0.2, 0.25) is 0 Å². The highest BCUT2D eigenvalue weighted by Crippen LogP contribution is 2.29. The quantitative estimate of drug-likeness (QED) is 0.768. The van der Waals surface area contributed by atoms with Crippen LogP contribution in [0.4, 0.5) is 0 Å². The fraction of sp³-hybridized carbons (Fsp3) is 0.333. The van der Waals surface area contributed by atoms with Crippen molar-refractivity contribution in [2.75, 3.05) is 0 Å². The molecule has 8 heteroatoms. The molecule has 0 atom stereocenters. The van der Waals surface area contributed by atoms with Gasteiger partial charge < -0.3 is 10.1 Å². The molecule has 3 aromatic heterocycles. The summed E-state index contributed by atoms with van der Waals surface area (Å²) in [5, 5.41) is 14.3. The van der Waals surface area contributed by atoms with E-state index in [1.165, 1.54) is 17.3 Å². The van der Waals surface area contributed by atoms with Crippen LogP contribution in [0.25, 0.3) is 17.0 Å². The Hall–Kier alpha value is -1.99. The molecule has 0 spiro atoms. The number of aromatic nitrogens is 6. The zero-order valence-electron chi connectivity index (χ0n) is 11.0. The Morgan fingerprint density at radius 2 is 2.15 bits per heavy atom. The molecule has 0 unspecified atom stereocenters. The summed E-state index contributed by atoms with van der Waals surface area (Å²) in [5.41, 5.74) is 2.56. The molecule has 104 valence electrons. The van der Waals surface area contributed by atoms with Crippen molar-refractivity contribution in [1.29, 1.82) is 0 Å². The van der Waals surface area contributed by atoms with Gasteiger partial charge in [0, 0.05) is 5.56 Å². The first-order valence-corrected chi connectivity index (χ1v) is 6.54. The van der Waals surface area contributed by atoms with Crippen molar-refractivity contribution in [2.24, 2.45) is 0 Å². The van der Waals surface area contributed by atoms with E-state index in [1.807, 2.05) is 13.8 Å². The minimum Gasteiger partial charge on any atom is -0.391 e. The zero-order chi connectivity index (χ0) is 14.3. The van der Waals surface area contributed by atoms with Gasteiger partial charge in [0.25, 0.3) is 0 Å². The summed E-state index contributed by atoms with van der Waals surface area (Å²) in [7, 11) is 0. The number of nitrogens with one attached hydrogen (secondary N) is 1. The van der Waals surface area contributed by atoms with Crippen LogP contribution in [-0.2, 0) is 6.61 Å². The van der Waals surface area contributed by atoms with Gasteiger partial charge in [0.05, 0.1) is 18.6 Å². The Morgan fingerprint density at radius 3 is 2.80 bits per heavy atom. The van der Waals surface area contributed by atoms with Gasteiger partial charge in [-0.3, -0.25) is 0 Å². The van der Waals surface area contributed by atoms with Crippen molar-refractivity contribution < 1.29 is 5.11 Å². The third kappa shape index (κ3) is 1.86. The Kier molecular flexibility index (Phi) is 3.15. The van der Waals surface area contributed by atoms with E-state index >= 15 is 0 Å². The number of halogens is 1. The lowest BCUT2D eigenvalue weighted by atomic mass is 10.1. The van der Waals surface area contributed by atoms with E-state index in [2.05, 4.69) is 25.0 Å². The van der Waals surface area contributed by atoms with Crippen molar-refractivity contribution in [2.45, 2.75) is 26.4 Å². The molecule has 0 aliphatic rings. The van der Waals surface area contributed by atoms with E-state index in [-0.39, 0.29) is 12.5 Å². The third-order valence-electron chi connectivity index (χ3n) is 3.06. The van der Waals surface area contributed by atoms with Crippen molar-refractivity contribution in [3.05, 3.63) is 29.1 Å². The lowest BCUT2D eigenvalue weighted by Crippen LogP contribution is -2.02. The van der Waals surface area contributed by atoms with Crippen LogP contribution in [0, 0.1) is 0 Å². The standard InChI is InChI=1S/C12H13ClN6O/c1-6(2)8-7(3-20)10(13)19(18-8)12-9-11(15-4-14-9)16-5-17-12/h4-6,20H,3H2,1-2H3,(H,14,15,16,17). The summed E-state index contributed by atoms with van der Waals surface area (Å²) >= 11 is 6.32. The Balaban J connectivity index is 2.27. The van der Waals surface area contributed by atoms with Gasteiger partial charge in [-0.25, -0.2) is 19.6 Å². The molecule has 2 N–H and O–H groups in total. The van der Waals surface area contributed by atoms with Crippen LogP contribution >= 0.6 is 11.6 Å². The van der Waals surface area contributed by atoms with Gasteiger partial charge >= 0.3 is 0 Å². The van der Waals surface area contributed by atoms with Crippen molar-refractivity contribution in [3.63, 3.8) is 0 Å². The molecule has 0 aromatic carbocycles. The Bertz CT molecular complexity index is 762. The van der Waals surface area contributed by atoms with Gasteiger partial charge in [0.1, 0.15) is 17.0 Å². The van der Waals surface area contributed by atoms with Crippen LogP contribution in [0.15, 0.2) is 12.7 Å². The number of hydrogen-bond acceptors (Lipinski definition) is 5. The number of imidazole rings is 1. The number of aliphatic hydroxyl groups excluding tert-OH is 1. The molecule has 3 heterocycles. The summed E-state index contributed by atoms with van der Waals surface area (Å²) in [6.07, 6.45) is 2.95. The highest BCUT2D eigenvalue weighted by Gasteiger charge is 2.21. The molecule has 7 nitrogen and oxygen atoms in total. The second-order valence-electron chi connectivity index (χ2n) is 4.68.